The van der Waals surface area contributed by atoms with Crippen LogP contribution in [0.4, 0.5) is 5.69 Å². The van der Waals surface area contributed by atoms with Gasteiger partial charge in [-0.15, -0.1) is 5.10 Å². The van der Waals surface area contributed by atoms with Gasteiger partial charge in [-0.2, -0.15) is 0 Å². The molecule has 0 saturated heterocycles. The maximum atomic E-state index is 8.78. The van der Waals surface area contributed by atoms with Crippen LogP contribution in [0, 0.1) is 0 Å². The molecule has 1 heterocycles. The minimum atomic E-state index is 0.0690. The third-order valence-corrected chi connectivity index (χ3v) is 2.40. The first kappa shape index (κ1) is 12.1. The van der Waals surface area contributed by atoms with Crippen LogP contribution in [0.5, 0.6) is 0 Å². The molecule has 2 rings (SSSR count). The number of nitrogens with zero attached hydrogens (tertiary/aromatic N) is 6. The van der Waals surface area contributed by atoms with Crippen molar-refractivity contribution in [3.63, 3.8) is 0 Å². The SMILES string of the molecule is [N-]=[N+]=Nc1ccc(Cn2cc(CCO)nn2)cc1. The summed E-state index contributed by atoms with van der Waals surface area (Å²) in [5.74, 6) is 0. The normalized spacial score (nSPS) is 10.1. The Hall–Kier alpha value is -2.37. The second-order valence-corrected chi connectivity index (χ2v) is 3.74. The molecule has 0 amide bonds. The van der Waals surface area contributed by atoms with Gasteiger partial charge in [0.05, 0.1) is 12.2 Å². The lowest BCUT2D eigenvalue weighted by Crippen LogP contribution is -1.99. The molecule has 1 aromatic heterocycles. The average molecular weight is 244 g/mol. The van der Waals surface area contributed by atoms with Crippen LogP contribution in [0.2, 0.25) is 0 Å². The Kier molecular flexibility index (Phi) is 3.90. The van der Waals surface area contributed by atoms with Gasteiger partial charge in [0, 0.05) is 29.8 Å². The molecule has 0 aliphatic heterocycles. The molecule has 7 heteroatoms. The number of hydrogen-bond acceptors (Lipinski definition) is 4. The third kappa shape index (κ3) is 3.07. The molecule has 1 aromatic carbocycles. The van der Waals surface area contributed by atoms with Crippen LogP contribution in [0.25, 0.3) is 10.4 Å². The predicted molar refractivity (Wildman–Crippen MR) is 65.2 cm³/mol. The van der Waals surface area contributed by atoms with Gasteiger partial charge in [0.1, 0.15) is 0 Å². The molecule has 0 atom stereocenters. The van der Waals surface area contributed by atoms with Crippen molar-refractivity contribution in [2.24, 2.45) is 5.11 Å². The molecule has 1 N–H and O–H groups in total. The standard InChI is InChI=1S/C11H12N6O/c12-15-13-10-3-1-9(2-4-10)7-17-8-11(5-6-18)14-16-17/h1-4,8,18H,5-7H2. The van der Waals surface area contributed by atoms with E-state index in [1.165, 1.54) is 0 Å². The zero-order valence-electron chi connectivity index (χ0n) is 9.64. The summed E-state index contributed by atoms with van der Waals surface area (Å²) in [6.07, 6.45) is 2.31. The lowest BCUT2D eigenvalue weighted by Gasteiger charge is -2.00. The molecule has 0 radical (unpaired) electrons. The minimum Gasteiger partial charge on any atom is -0.396 e. The molecule has 0 spiro atoms. The number of benzene rings is 1. The highest BCUT2D eigenvalue weighted by Crippen LogP contribution is 2.13. The van der Waals surface area contributed by atoms with Crippen LogP contribution >= 0.6 is 0 Å². The fraction of sp³-hybridized carbons (Fsp3) is 0.273. The highest BCUT2D eigenvalue weighted by atomic mass is 16.3. The molecule has 0 bridgehead atoms. The molecule has 0 aliphatic carbocycles. The van der Waals surface area contributed by atoms with Gasteiger partial charge in [-0.25, -0.2) is 4.68 Å². The molecule has 0 aliphatic rings. The zero-order valence-corrected chi connectivity index (χ0v) is 9.64. The van der Waals surface area contributed by atoms with Gasteiger partial charge in [-0.05, 0) is 11.1 Å². The highest BCUT2D eigenvalue weighted by Gasteiger charge is 2.01. The summed E-state index contributed by atoms with van der Waals surface area (Å²) in [5.41, 5.74) is 10.7. The van der Waals surface area contributed by atoms with Gasteiger partial charge in [-0.1, -0.05) is 34.6 Å². The summed E-state index contributed by atoms with van der Waals surface area (Å²) in [5, 5.41) is 20.2. The Morgan fingerprint density at radius 2 is 2.11 bits per heavy atom. The largest absolute Gasteiger partial charge is 0.396 e. The first-order chi connectivity index (χ1) is 8.81. The van der Waals surface area contributed by atoms with E-state index in [0.717, 1.165) is 11.3 Å². The van der Waals surface area contributed by atoms with Gasteiger partial charge in [0.15, 0.2) is 0 Å². The Morgan fingerprint density at radius 1 is 1.33 bits per heavy atom. The van der Waals surface area contributed by atoms with Crippen LogP contribution in [-0.2, 0) is 13.0 Å². The van der Waals surface area contributed by atoms with E-state index in [4.69, 9.17) is 10.6 Å². The maximum absolute atomic E-state index is 8.78. The predicted octanol–water partition coefficient (Wildman–Crippen LogP) is 1.80. The van der Waals surface area contributed by atoms with Crippen LogP contribution in [-0.4, -0.2) is 26.7 Å². The smallest absolute Gasteiger partial charge is 0.0850 e. The van der Waals surface area contributed by atoms with Gasteiger partial charge in [-0.3, -0.25) is 0 Å². The van der Waals surface area contributed by atoms with E-state index in [2.05, 4.69) is 20.3 Å². The molecule has 2 aromatic rings. The van der Waals surface area contributed by atoms with E-state index in [1.54, 1.807) is 23.0 Å². The molecular formula is C11H12N6O. The number of aliphatic hydroxyl groups excluding tert-OH is 1. The second kappa shape index (κ2) is 5.81. The van der Waals surface area contributed by atoms with Crippen molar-refractivity contribution in [3.8, 4) is 0 Å². The van der Waals surface area contributed by atoms with Crippen molar-refractivity contribution < 1.29 is 5.11 Å². The average Bonchev–Trinajstić information content (AvgIpc) is 2.80. The van der Waals surface area contributed by atoms with Gasteiger partial charge >= 0.3 is 0 Å². The Balaban J connectivity index is 2.05. The third-order valence-electron chi connectivity index (χ3n) is 2.40. The van der Waals surface area contributed by atoms with Gasteiger partial charge in [0.2, 0.25) is 0 Å². The fourth-order valence-electron chi connectivity index (χ4n) is 1.55. The summed E-state index contributed by atoms with van der Waals surface area (Å²) in [6, 6.07) is 7.25. The Labute approximate surface area is 103 Å². The van der Waals surface area contributed by atoms with E-state index >= 15 is 0 Å². The topological polar surface area (TPSA) is 99.7 Å². The summed E-state index contributed by atoms with van der Waals surface area (Å²) in [7, 11) is 0. The summed E-state index contributed by atoms with van der Waals surface area (Å²) < 4.78 is 1.70. The van der Waals surface area contributed by atoms with Crippen molar-refractivity contribution in [3.05, 3.63) is 52.2 Å². The van der Waals surface area contributed by atoms with E-state index in [-0.39, 0.29) is 6.61 Å². The van der Waals surface area contributed by atoms with Crippen molar-refractivity contribution in [1.29, 1.82) is 0 Å². The lowest BCUT2D eigenvalue weighted by molar-refractivity contribution is 0.298. The number of aliphatic hydroxyl groups is 1. The number of hydrogen-bond donors (Lipinski definition) is 1. The molecule has 0 saturated carbocycles. The first-order valence-corrected chi connectivity index (χ1v) is 5.46. The quantitative estimate of drug-likeness (QED) is 0.493. The zero-order chi connectivity index (χ0) is 12.8. The first-order valence-electron chi connectivity index (χ1n) is 5.46. The van der Waals surface area contributed by atoms with E-state index in [1.807, 2.05) is 12.1 Å². The van der Waals surface area contributed by atoms with Crippen LogP contribution in [0.3, 0.4) is 0 Å². The van der Waals surface area contributed by atoms with E-state index < -0.39 is 0 Å². The molecule has 0 unspecified atom stereocenters. The molecular weight excluding hydrogens is 232 g/mol. The Morgan fingerprint density at radius 3 is 2.78 bits per heavy atom. The second-order valence-electron chi connectivity index (χ2n) is 3.74. The summed E-state index contributed by atoms with van der Waals surface area (Å²) in [4.78, 5) is 2.72. The molecule has 7 nitrogen and oxygen atoms in total. The van der Waals surface area contributed by atoms with Crippen LogP contribution < -0.4 is 0 Å². The lowest BCUT2D eigenvalue weighted by atomic mass is 10.2. The highest BCUT2D eigenvalue weighted by molar-refractivity contribution is 5.38. The molecule has 92 valence electrons. The number of azide groups is 1. The van der Waals surface area contributed by atoms with Gasteiger partial charge < -0.3 is 5.11 Å². The minimum absolute atomic E-state index is 0.0690. The van der Waals surface area contributed by atoms with Crippen molar-refractivity contribution in [2.75, 3.05) is 6.61 Å². The summed E-state index contributed by atoms with van der Waals surface area (Å²) in [6.45, 7) is 0.661. The van der Waals surface area contributed by atoms with E-state index in [9.17, 15) is 0 Å². The Bertz CT molecular complexity index is 555. The van der Waals surface area contributed by atoms with Gasteiger partial charge in [0.25, 0.3) is 0 Å². The van der Waals surface area contributed by atoms with Crippen molar-refractivity contribution in [1.82, 2.24) is 15.0 Å². The summed E-state index contributed by atoms with van der Waals surface area (Å²) >= 11 is 0. The van der Waals surface area contributed by atoms with Crippen LogP contribution in [0.1, 0.15) is 11.3 Å². The fourth-order valence-corrected chi connectivity index (χ4v) is 1.55. The van der Waals surface area contributed by atoms with Crippen molar-refractivity contribution >= 4 is 5.69 Å². The van der Waals surface area contributed by atoms with Crippen LogP contribution in [0.15, 0.2) is 35.6 Å². The molecule has 0 fully saturated rings. The molecule has 18 heavy (non-hydrogen) atoms. The number of rotatable bonds is 5. The van der Waals surface area contributed by atoms with E-state index in [0.29, 0.717) is 18.7 Å². The monoisotopic (exact) mass is 244 g/mol. The maximum Gasteiger partial charge on any atom is 0.0850 e. The number of aromatic nitrogens is 3. The van der Waals surface area contributed by atoms with Crippen molar-refractivity contribution in [2.45, 2.75) is 13.0 Å².